The molecule has 0 radical (unpaired) electrons. The summed E-state index contributed by atoms with van der Waals surface area (Å²) < 4.78 is 4.61. The van der Waals surface area contributed by atoms with Crippen molar-refractivity contribution in [3.8, 4) is 22.5 Å². The summed E-state index contributed by atoms with van der Waals surface area (Å²) >= 11 is 0. The summed E-state index contributed by atoms with van der Waals surface area (Å²) in [4.78, 5) is 41.9. The van der Waals surface area contributed by atoms with Crippen LogP contribution in [0, 0.1) is 11.8 Å². The van der Waals surface area contributed by atoms with Crippen LogP contribution >= 0.6 is 21.6 Å². The van der Waals surface area contributed by atoms with Crippen molar-refractivity contribution in [3.63, 3.8) is 0 Å². The zero-order valence-electron chi connectivity index (χ0n) is 32.6. The summed E-state index contributed by atoms with van der Waals surface area (Å²) in [5.74, 6) is 3.78. The zero-order valence-corrected chi connectivity index (χ0v) is 34.2. The average Bonchev–Trinajstić information content (AvgIpc) is 3.87. The van der Waals surface area contributed by atoms with Crippen LogP contribution in [0.3, 0.4) is 0 Å². The maximum absolute atomic E-state index is 13.4. The van der Waals surface area contributed by atoms with Crippen LogP contribution in [-0.2, 0) is 22.7 Å². The molecule has 0 spiro atoms. The van der Waals surface area contributed by atoms with Gasteiger partial charge in [0.2, 0.25) is 11.8 Å². The highest BCUT2D eigenvalue weighted by atomic mass is 33.1. The topological polar surface area (TPSA) is 128 Å². The number of nitrogens with zero attached hydrogens (tertiary/aromatic N) is 6. The van der Waals surface area contributed by atoms with Gasteiger partial charge in [-0.1, -0.05) is 146 Å². The first-order chi connectivity index (χ1) is 27.4. The number of fused-ring (bicyclic) bond motifs is 2. The molecule has 2 fully saturated rings. The number of rotatable bonds is 15. The zero-order chi connectivity index (χ0) is 38.4. The van der Waals surface area contributed by atoms with Crippen molar-refractivity contribution in [2.24, 2.45) is 23.3 Å². The Morgan fingerprint density at radius 2 is 0.982 bits per heavy atom. The molecule has 12 heteroatoms. The third kappa shape index (κ3) is 8.93. The van der Waals surface area contributed by atoms with Crippen molar-refractivity contribution in [2.75, 3.05) is 24.6 Å². The third-order valence-electron chi connectivity index (χ3n) is 12.9. The molecule has 2 saturated carbocycles. The molecule has 2 aromatic carbocycles. The van der Waals surface area contributed by atoms with Gasteiger partial charge in [0, 0.05) is 61.2 Å². The van der Waals surface area contributed by atoms with Gasteiger partial charge in [0.1, 0.15) is 11.6 Å². The Balaban J connectivity index is 0.980. The first-order valence-electron chi connectivity index (χ1n) is 21.0. The predicted octanol–water partition coefficient (Wildman–Crippen LogP) is 7.86. The van der Waals surface area contributed by atoms with Crippen molar-refractivity contribution >= 4 is 33.4 Å². The summed E-state index contributed by atoms with van der Waals surface area (Å²) in [6.45, 7) is 3.01. The summed E-state index contributed by atoms with van der Waals surface area (Å²) in [7, 11) is 3.28. The van der Waals surface area contributed by atoms with E-state index in [1.807, 2.05) is 12.1 Å². The Morgan fingerprint density at radius 1 is 0.589 bits per heavy atom. The Labute approximate surface area is 340 Å². The summed E-state index contributed by atoms with van der Waals surface area (Å²) in [6.07, 6.45) is 18.9. The van der Waals surface area contributed by atoms with Gasteiger partial charge in [0.05, 0.1) is 35.6 Å². The molecule has 56 heavy (non-hydrogen) atoms. The van der Waals surface area contributed by atoms with E-state index in [1.54, 1.807) is 21.6 Å². The Bertz CT molecular complexity index is 1770. The van der Waals surface area contributed by atoms with Crippen LogP contribution in [0.15, 0.2) is 73.1 Å². The number of primary amides is 2. The van der Waals surface area contributed by atoms with Gasteiger partial charge < -0.3 is 20.6 Å². The molecule has 298 valence electrons. The molecular weight excluding hydrogens is 737 g/mol. The quantitative estimate of drug-likeness (QED) is 0.0920. The van der Waals surface area contributed by atoms with Crippen LogP contribution in [-0.4, -0.2) is 77.4 Å². The van der Waals surface area contributed by atoms with E-state index in [-0.39, 0.29) is 23.9 Å². The Morgan fingerprint density at radius 3 is 1.36 bits per heavy atom. The standard InChI is InChI=1S/C44H58N8O2S2/c45-41(53)39(51-23-21-49-27-35(33-17-9-3-10-18-33)47-43(49)37(51)25-31-13-5-1-6-14-31)29-55-56-30-40(42(46)54)52-24-22-50-28-36(34-19-11-4-12-20-34)48-44(50)38(52)26-32-15-7-2-8-16-32/h3-4,9-12,17-20,27-28,31-32,37-40H,1-2,5-8,13-16,21-26,29-30H2,(H2,45,53)(H2,46,54)/t37-,38-,39-,40-/m0/s1. The van der Waals surface area contributed by atoms with E-state index in [0.29, 0.717) is 23.3 Å². The van der Waals surface area contributed by atoms with Gasteiger partial charge in [-0.25, -0.2) is 9.97 Å². The van der Waals surface area contributed by atoms with Gasteiger partial charge in [0.15, 0.2) is 0 Å². The van der Waals surface area contributed by atoms with E-state index in [0.717, 1.165) is 73.2 Å². The maximum atomic E-state index is 13.4. The summed E-state index contributed by atoms with van der Waals surface area (Å²) in [5, 5.41) is 0. The Hall–Kier alpha value is -3.58. The molecule has 0 bridgehead atoms. The average molecular weight is 795 g/mol. The molecule has 2 amide bonds. The first kappa shape index (κ1) is 39.3. The van der Waals surface area contributed by atoms with Gasteiger partial charge in [-0.3, -0.25) is 19.4 Å². The van der Waals surface area contributed by atoms with Crippen LogP contribution in [0.4, 0.5) is 0 Å². The van der Waals surface area contributed by atoms with E-state index in [2.05, 4.69) is 79.9 Å². The number of carbonyl (C=O) groups is 2. The normalized spacial score (nSPS) is 22.3. The monoisotopic (exact) mass is 794 g/mol. The molecule has 2 aliphatic heterocycles. The largest absolute Gasteiger partial charge is 0.368 e. The minimum Gasteiger partial charge on any atom is -0.368 e. The third-order valence-corrected chi connectivity index (χ3v) is 15.3. The van der Waals surface area contributed by atoms with Crippen LogP contribution in [0.2, 0.25) is 0 Å². The molecule has 2 aromatic heterocycles. The molecule has 8 rings (SSSR count). The number of aromatic nitrogens is 4. The van der Waals surface area contributed by atoms with Crippen LogP contribution in [0.5, 0.6) is 0 Å². The fourth-order valence-electron chi connectivity index (χ4n) is 9.91. The molecule has 4 aliphatic rings. The van der Waals surface area contributed by atoms with E-state index in [1.165, 1.54) is 64.2 Å². The molecule has 0 saturated heterocycles. The van der Waals surface area contributed by atoms with E-state index < -0.39 is 12.1 Å². The number of nitrogens with two attached hydrogens (primary N) is 2. The van der Waals surface area contributed by atoms with Crippen molar-refractivity contribution in [1.29, 1.82) is 0 Å². The van der Waals surface area contributed by atoms with Crippen LogP contribution in [0.25, 0.3) is 22.5 Å². The van der Waals surface area contributed by atoms with Gasteiger partial charge in [-0.2, -0.15) is 0 Å². The second-order valence-corrected chi connectivity index (χ2v) is 19.0. The summed E-state index contributed by atoms with van der Waals surface area (Å²) in [5.41, 5.74) is 16.7. The molecule has 4 aromatic rings. The molecule has 10 nitrogen and oxygen atoms in total. The van der Waals surface area contributed by atoms with E-state index in [4.69, 9.17) is 21.4 Å². The number of imidazole rings is 2. The van der Waals surface area contributed by atoms with Crippen molar-refractivity contribution in [3.05, 3.63) is 84.7 Å². The Kier molecular flexibility index (Phi) is 12.9. The molecule has 0 unspecified atom stereocenters. The minimum absolute atomic E-state index is 0.0178. The highest BCUT2D eigenvalue weighted by Gasteiger charge is 2.40. The fraction of sp³-hybridized carbons (Fsp3) is 0.545. The summed E-state index contributed by atoms with van der Waals surface area (Å²) in [6, 6.07) is 19.9. The van der Waals surface area contributed by atoms with E-state index in [9.17, 15) is 9.59 Å². The second-order valence-electron chi connectivity index (χ2n) is 16.5. The van der Waals surface area contributed by atoms with Gasteiger partial charge in [-0.15, -0.1) is 0 Å². The highest BCUT2D eigenvalue weighted by molar-refractivity contribution is 8.76. The lowest BCUT2D eigenvalue weighted by molar-refractivity contribution is -0.125. The lowest BCUT2D eigenvalue weighted by atomic mass is 9.83. The number of hydrogen-bond acceptors (Lipinski definition) is 8. The molecule has 4 heterocycles. The van der Waals surface area contributed by atoms with Crippen LogP contribution < -0.4 is 11.5 Å². The van der Waals surface area contributed by atoms with Crippen molar-refractivity contribution in [2.45, 2.75) is 114 Å². The van der Waals surface area contributed by atoms with Gasteiger partial charge >= 0.3 is 0 Å². The number of hydrogen-bond donors (Lipinski definition) is 2. The number of benzene rings is 2. The minimum atomic E-state index is -0.448. The SMILES string of the molecule is NC(=O)[C@H](CSSC[C@@H](C(N)=O)N1CCn2cc(-c3ccccc3)nc2[C@@H]1CC1CCCCC1)N1CCn2cc(-c3ccccc3)nc2[C@@H]1CC1CCCCC1. The predicted molar refractivity (Wildman–Crippen MR) is 227 cm³/mol. The number of amides is 2. The highest BCUT2D eigenvalue weighted by Crippen LogP contribution is 2.42. The van der Waals surface area contributed by atoms with E-state index >= 15 is 0 Å². The first-order valence-corrected chi connectivity index (χ1v) is 23.5. The fourth-order valence-corrected chi connectivity index (χ4v) is 12.4. The van der Waals surface area contributed by atoms with Gasteiger partial charge in [-0.05, 0) is 24.7 Å². The smallest absolute Gasteiger partial charge is 0.235 e. The second kappa shape index (κ2) is 18.3. The van der Waals surface area contributed by atoms with Gasteiger partial charge in [0.25, 0.3) is 0 Å². The lowest BCUT2D eigenvalue weighted by Gasteiger charge is -2.42. The molecule has 2 aliphatic carbocycles. The molecule has 4 atom stereocenters. The van der Waals surface area contributed by atoms with Crippen molar-refractivity contribution < 1.29 is 9.59 Å². The number of carbonyl (C=O) groups excluding carboxylic acids is 2. The lowest BCUT2D eigenvalue weighted by Crippen LogP contribution is -2.52. The van der Waals surface area contributed by atoms with Crippen molar-refractivity contribution in [1.82, 2.24) is 28.9 Å². The maximum Gasteiger partial charge on any atom is 0.235 e. The molecule has 4 N–H and O–H groups in total. The molecular formula is C44H58N8O2S2. The van der Waals surface area contributed by atoms with Crippen LogP contribution in [0.1, 0.15) is 101 Å².